The van der Waals surface area contributed by atoms with Crippen LogP contribution in [0.3, 0.4) is 0 Å². The molecule has 0 fully saturated rings. The predicted molar refractivity (Wildman–Crippen MR) is 85.8 cm³/mol. The summed E-state index contributed by atoms with van der Waals surface area (Å²) in [5.74, 6) is 0. The zero-order chi connectivity index (χ0) is 15.1. The van der Waals surface area contributed by atoms with Gasteiger partial charge in [0.1, 0.15) is 0 Å². The molecule has 2 rings (SSSR count). The fourth-order valence-corrected chi connectivity index (χ4v) is 2.28. The van der Waals surface area contributed by atoms with Crippen LogP contribution in [0.15, 0.2) is 60.7 Å². The van der Waals surface area contributed by atoms with Crippen molar-refractivity contribution in [3.8, 4) is 0 Å². The van der Waals surface area contributed by atoms with E-state index in [0.29, 0.717) is 19.6 Å². The molecule has 3 nitrogen and oxygen atoms in total. The summed E-state index contributed by atoms with van der Waals surface area (Å²) in [5, 5.41) is 0. The van der Waals surface area contributed by atoms with Gasteiger partial charge in [-0.25, -0.2) is 4.79 Å². The molecular weight excluding hydrogens is 260 g/mol. The summed E-state index contributed by atoms with van der Waals surface area (Å²) in [6.07, 6.45) is 0. The van der Waals surface area contributed by atoms with Gasteiger partial charge in [0, 0.05) is 26.7 Å². The highest BCUT2D eigenvalue weighted by Gasteiger charge is 2.16. The Balaban J connectivity index is 1.99. The Labute approximate surface area is 126 Å². The first-order chi connectivity index (χ1) is 10.2. The van der Waals surface area contributed by atoms with Crippen molar-refractivity contribution in [2.45, 2.75) is 20.0 Å². The van der Waals surface area contributed by atoms with Crippen LogP contribution >= 0.6 is 0 Å². The van der Waals surface area contributed by atoms with Gasteiger partial charge in [-0.15, -0.1) is 0 Å². The second-order valence-corrected chi connectivity index (χ2v) is 5.12. The average Bonchev–Trinajstić information content (AvgIpc) is 2.54. The van der Waals surface area contributed by atoms with Crippen molar-refractivity contribution in [3.63, 3.8) is 0 Å². The highest BCUT2D eigenvalue weighted by atomic mass is 16.2. The van der Waals surface area contributed by atoms with Crippen molar-refractivity contribution < 1.29 is 4.79 Å². The van der Waals surface area contributed by atoms with E-state index in [2.05, 4.69) is 0 Å². The van der Waals surface area contributed by atoms with Crippen LogP contribution in [-0.2, 0) is 13.1 Å². The molecule has 2 amide bonds. The molecule has 21 heavy (non-hydrogen) atoms. The van der Waals surface area contributed by atoms with E-state index in [4.69, 9.17) is 0 Å². The van der Waals surface area contributed by atoms with E-state index in [-0.39, 0.29) is 6.03 Å². The Morgan fingerprint density at radius 1 is 0.857 bits per heavy atom. The molecule has 0 N–H and O–H groups in total. The number of carbonyl (C=O) groups excluding carboxylic acids is 1. The van der Waals surface area contributed by atoms with Gasteiger partial charge in [-0.2, -0.15) is 0 Å². The first-order valence-corrected chi connectivity index (χ1v) is 7.28. The lowest BCUT2D eigenvalue weighted by Crippen LogP contribution is -2.40. The van der Waals surface area contributed by atoms with E-state index in [9.17, 15) is 4.79 Å². The number of urea groups is 1. The van der Waals surface area contributed by atoms with E-state index in [1.54, 1.807) is 4.90 Å². The zero-order valence-corrected chi connectivity index (χ0v) is 12.7. The Hall–Kier alpha value is -2.29. The predicted octanol–water partition coefficient (Wildman–Crippen LogP) is 3.76. The Morgan fingerprint density at radius 2 is 1.33 bits per heavy atom. The van der Waals surface area contributed by atoms with Crippen LogP contribution in [0, 0.1) is 0 Å². The number of benzene rings is 2. The second-order valence-electron chi connectivity index (χ2n) is 5.12. The highest BCUT2D eigenvalue weighted by molar-refractivity contribution is 5.74. The number of carbonyl (C=O) groups is 1. The fourth-order valence-electron chi connectivity index (χ4n) is 2.28. The molecule has 0 spiro atoms. The van der Waals surface area contributed by atoms with E-state index in [0.717, 1.165) is 11.1 Å². The summed E-state index contributed by atoms with van der Waals surface area (Å²) in [6.45, 7) is 3.99. The molecule has 0 unspecified atom stereocenters. The normalized spacial score (nSPS) is 10.2. The lowest BCUT2D eigenvalue weighted by atomic mass is 10.2. The Morgan fingerprint density at radius 3 is 1.81 bits per heavy atom. The van der Waals surface area contributed by atoms with Gasteiger partial charge in [0.25, 0.3) is 0 Å². The monoisotopic (exact) mass is 282 g/mol. The summed E-state index contributed by atoms with van der Waals surface area (Å²) in [5.41, 5.74) is 2.30. The molecule has 0 radical (unpaired) electrons. The molecule has 0 bridgehead atoms. The third-order valence-corrected chi connectivity index (χ3v) is 3.46. The topological polar surface area (TPSA) is 23.6 Å². The van der Waals surface area contributed by atoms with Crippen molar-refractivity contribution in [2.24, 2.45) is 0 Å². The molecule has 2 aromatic rings. The number of hydrogen-bond donors (Lipinski definition) is 0. The number of nitrogens with zero attached hydrogens (tertiary/aromatic N) is 2. The maximum atomic E-state index is 12.5. The molecular formula is C18H22N2O. The van der Waals surface area contributed by atoms with E-state index >= 15 is 0 Å². The Bertz CT molecular complexity index is 554. The highest BCUT2D eigenvalue weighted by Crippen LogP contribution is 2.09. The molecule has 0 saturated carbocycles. The average molecular weight is 282 g/mol. The summed E-state index contributed by atoms with van der Waals surface area (Å²) in [7, 11) is 1.85. The Kier molecular flexibility index (Phi) is 5.38. The van der Waals surface area contributed by atoms with Crippen molar-refractivity contribution in [1.82, 2.24) is 9.80 Å². The first-order valence-electron chi connectivity index (χ1n) is 7.28. The largest absolute Gasteiger partial charge is 0.323 e. The van der Waals surface area contributed by atoms with Crippen molar-refractivity contribution in [1.29, 1.82) is 0 Å². The molecule has 0 aliphatic rings. The van der Waals surface area contributed by atoms with Gasteiger partial charge in [0.05, 0.1) is 0 Å². The number of hydrogen-bond acceptors (Lipinski definition) is 1. The molecule has 2 aromatic carbocycles. The molecule has 0 aliphatic heterocycles. The molecule has 0 heterocycles. The van der Waals surface area contributed by atoms with E-state index in [1.807, 2.05) is 79.5 Å². The molecule has 110 valence electrons. The summed E-state index contributed by atoms with van der Waals surface area (Å²) >= 11 is 0. The van der Waals surface area contributed by atoms with Gasteiger partial charge in [-0.3, -0.25) is 0 Å². The van der Waals surface area contributed by atoms with Crippen LogP contribution in [-0.4, -0.2) is 29.4 Å². The van der Waals surface area contributed by atoms with Gasteiger partial charge in [-0.05, 0) is 18.1 Å². The maximum absolute atomic E-state index is 12.5. The summed E-state index contributed by atoms with van der Waals surface area (Å²) in [6, 6.07) is 20.2. The van der Waals surface area contributed by atoms with Gasteiger partial charge in [0.15, 0.2) is 0 Å². The second kappa shape index (κ2) is 7.48. The van der Waals surface area contributed by atoms with Gasteiger partial charge >= 0.3 is 6.03 Å². The minimum Gasteiger partial charge on any atom is -0.323 e. The molecule has 0 atom stereocenters. The third-order valence-electron chi connectivity index (χ3n) is 3.46. The van der Waals surface area contributed by atoms with Crippen LogP contribution in [0.5, 0.6) is 0 Å². The lowest BCUT2D eigenvalue weighted by Gasteiger charge is -2.27. The van der Waals surface area contributed by atoms with Crippen LogP contribution < -0.4 is 0 Å². The minimum atomic E-state index is 0.0604. The molecule has 0 saturated heterocycles. The van der Waals surface area contributed by atoms with E-state index in [1.165, 1.54) is 0 Å². The standard InChI is InChI=1S/C18H22N2O/c1-3-20(15-17-12-8-5-9-13-17)18(21)19(2)14-16-10-6-4-7-11-16/h4-13H,3,14-15H2,1-2H3. The van der Waals surface area contributed by atoms with Crippen molar-refractivity contribution in [3.05, 3.63) is 71.8 Å². The molecule has 3 heteroatoms. The van der Waals surface area contributed by atoms with Crippen LogP contribution in [0.25, 0.3) is 0 Å². The quantitative estimate of drug-likeness (QED) is 0.819. The van der Waals surface area contributed by atoms with Crippen molar-refractivity contribution in [2.75, 3.05) is 13.6 Å². The maximum Gasteiger partial charge on any atom is 0.320 e. The van der Waals surface area contributed by atoms with Crippen LogP contribution in [0.4, 0.5) is 4.79 Å². The third kappa shape index (κ3) is 4.35. The van der Waals surface area contributed by atoms with Gasteiger partial charge < -0.3 is 9.80 Å². The van der Waals surface area contributed by atoms with E-state index < -0.39 is 0 Å². The number of amides is 2. The van der Waals surface area contributed by atoms with Crippen LogP contribution in [0.2, 0.25) is 0 Å². The zero-order valence-electron chi connectivity index (χ0n) is 12.7. The number of rotatable bonds is 5. The van der Waals surface area contributed by atoms with Gasteiger partial charge in [0.2, 0.25) is 0 Å². The van der Waals surface area contributed by atoms with Gasteiger partial charge in [-0.1, -0.05) is 60.7 Å². The lowest BCUT2D eigenvalue weighted by molar-refractivity contribution is 0.160. The fraction of sp³-hybridized carbons (Fsp3) is 0.278. The summed E-state index contributed by atoms with van der Waals surface area (Å²) in [4.78, 5) is 16.2. The molecule has 0 aromatic heterocycles. The minimum absolute atomic E-state index is 0.0604. The smallest absolute Gasteiger partial charge is 0.320 e. The van der Waals surface area contributed by atoms with Crippen molar-refractivity contribution >= 4 is 6.03 Å². The molecule has 0 aliphatic carbocycles. The summed E-state index contributed by atoms with van der Waals surface area (Å²) < 4.78 is 0. The first kappa shape index (κ1) is 15.1. The SMILES string of the molecule is CCN(Cc1ccccc1)C(=O)N(C)Cc1ccccc1. The van der Waals surface area contributed by atoms with Crippen LogP contribution in [0.1, 0.15) is 18.1 Å².